The van der Waals surface area contributed by atoms with E-state index < -0.39 is 17.4 Å². The summed E-state index contributed by atoms with van der Waals surface area (Å²) >= 11 is 1.27. The van der Waals surface area contributed by atoms with Crippen molar-refractivity contribution in [1.82, 2.24) is 5.32 Å². The normalized spacial score (nSPS) is 15.7. The van der Waals surface area contributed by atoms with Crippen molar-refractivity contribution in [3.8, 4) is 11.1 Å². The molecule has 1 heterocycles. The molecule has 0 spiro atoms. The van der Waals surface area contributed by atoms with Crippen molar-refractivity contribution in [3.05, 3.63) is 90.0 Å². The van der Waals surface area contributed by atoms with Crippen LogP contribution < -0.4 is 11.1 Å². The highest BCUT2D eigenvalue weighted by atomic mass is 32.7. The van der Waals surface area contributed by atoms with Crippen molar-refractivity contribution >= 4 is 29.5 Å². The van der Waals surface area contributed by atoms with E-state index in [0.29, 0.717) is 38.2 Å². The molecule has 40 heavy (non-hydrogen) atoms. The minimum Gasteiger partial charge on any atom is -0.381 e. The number of nitrogens with one attached hydrogen (secondary N) is 1. The molecule has 0 aliphatic carbocycles. The van der Waals surface area contributed by atoms with E-state index in [2.05, 4.69) is 17.4 Å². The fraction of sp³-hybridized carbons (Fsp3) is 0.375. The average Bonchev–Trinajstić information content (AvgIpc) is 2.99. The summed E-state index contributed by atoms with van der Waals surface area (Å²) in [6, 6.07) is 25.8. The lowest BCUT2D eigenvalue weighted by molar-refractivity contribution is -0.122. The number of unbranched alkanes of at least 4 members (excludes halogenated alkanes) is 1. The molecule has 3 N–H and O–H groups in total. The zero-order valence-corrected chi connectivity index (χ0v) is 25.4. The molecule has 0 saturated carbocycles. The summed E-state index contributed by atoms with van der Waals surface area (Å²) in [4.78, 5) is 25.6. The number of carbonyl (C=O) groups excluding carboxylic acids is 2. The summed E-state index contributed by atoms with van der Waals surface area (Å²) in [5.41, 5.74) is 9.77. The number of primary amides is 1. The third kappa shape index (κ3) is 8.09. The number of ether oxygens (including phenoxy) is 1. The van der Waals surface area contributed by atoms with Crippen molar-refractivity contribution in [1.29, 1.82) is 0 Å². The SMILES string of the molecule is CC.CP(=O)(Sc1ccc(CCCCNC(=O)c2ccc(-c3ccccc3)cc2)cc1)C1(C(N)=O)CCOCC1. The molecule has 1 saturated heterocycles. The average molecular weight is 581 g/mol. The minimum absolute atomic E-state index is 0.0618. The second-order valence-corrected chi connectivity index (χ2v) is 15.6. The van der Waals surface area contributed by atoms with Gasteiger partial charge in [-0.1, -0.05) is 79.8 Å². The summed E-state index contributed by atoms with van der Waals surface area (Å²) in [5, 5.41) is 1.99. The lowest BCUT2D eigenvalue weighted by Crippen LogP contribution is -2.47. The number of nitrogens with two attached hydrogens (primary N) is 1. The smallest absolute Gasteiger partial charge is 0.251 e. The highest BCUT2D eigenvalue weighted by molar-refractivity contribution is 8.58. The molecular weight excluding hydrogens is 539 g/mol. The molecule has 3 aromatic rings. The van der Waals surface area contributed by atoms with E-state index in [-0.39, 0.29) is 5.91 Å². The number of hydrogen-bond donors (Lipinski definition) is 2. The van der Waals surface area contributed by atoms with Crippen LogP contribution in [-0.2, 0) is 20.5 Å². The Labute approximate surface area is 242 Å². The molecule has 0 bridgehead atoms. The molecule has 8 heteroatoms. The molecule has 1 fully saturated rings. The van der Waals surface area contributed by atoms with Gasteiger partial charge in [-0.2, -0.15) is 0 Å². The topological polar surface area (TPSA) is 98.5 Å². The Kier molecular flexibility index (Phi) is 12.1. The van der Waals surface area contributed by atoms with Crippen LogP contribution >= 0.6 is 17.7 Å². The van der Waals surface area contributed by atoms with Gasteiger partial charge in [-0.05, 0) is 79.7 Å². The van der Waals surface area contributed by atoms with Crippen LogP contribution in [0.2, 0.25) is 0 Å². The van der Waals surface area contributed by atoms with Crippen LogP contribution in [0.3, 0.4) is 0 Å². The summed E-state index contributed by atoms with van der Waals surface area (Å²) in [6.45, 7) is 7.10. The third-order valence-corrected chi connectivity index (χ3v) is 13.0. The van der Waals surface area contributed by atoms with E-state index in [1.807, 2.05) is 80.6 Å². The van der Waals surface area contributed by atoms with Gasteiger partial charge >= 0.3 is 0 Å². The van der Waals surface area contributed by atoms with E-state index in [9.17, 15) is 14.2 Å². The first-order chi connectivity index (χ1) is 19.3. The predicted octanol–water partition coefficient (Wildman–Crippen LogP) is 7.17. The zero-order chi connectivity index (χ0) is 29.0. The zero-order valence-electron chi connectivity index (χ0n) is 23.7. The van der Waals surface area contributed by atoms with Crippen LogP contribution in [0, 0.1) is 0 Å². The van der Waals surface area contributed by atoms with E-state index in [1.165, 1.54) is 16.9 Å². The summed E-state index contributed by atoms with van der Waals surface area (Å²) < 4.78 is 19.0. The lowest BCUT2D eigenvalue weighted by atomic mass is 9.98. The molecule has 1 unspecified atom stereocenters. The van der Waals surface area contributed by atoms with E-state index in [1.54, 1.807) is 6.66 Å². The monoisotopic (exact) mass is 580 g/mol. The van der Waals surface area contributed by atoms with Crippen LogP contribution in [0.4, 0.5) is 0 Å². The van der Waals surface area contributed by atoms with Crippen LogP contribution in [0.5, 0.6) is 0 Å². The molecule has 0 radical (unpaired) electrons. The Morgan fingerprint density at radius 3 is 2.10 bits per heavy atom. The van der Waals surface area contributed by atoms with Gasteiger partial charge in [-0.3, -0.25) is 9.59 Å². The quantitative estimate of drug-likeness (QED) is 0.185. The molecule has 3 aromatic carbocycles. The van der Waals surface area contributed by atoms with Crippen LogP contribution in [0.15, 0.2) is 83.8 Å². The molecule has 214 valence electrons. The number of hydrogen-bond acceptors (Lipinski definition) is 5. The highest BCUT2D eigenvalue weighted by Gasteiger charge is 2.51. The van der Waals surface area contributed by atoms with Crippen molar-refractivity contribution < 1.29 is 18.9 Å². The lowest BCUT2D eigenvalue weighted by Gasteiger charge is -2.38. The second-order valence-electron chi connectivity index (χ2n) is 9.75. The van der Waals surface area contributed by atoms with E-state index in [4.69, 9.17) is 10.5 Å². The Morgan fingerprint density at radius 2 is 1.50 bits per heavy atom. The summed E-state index contributed by atoms with van der Waals surface area (Å²) in [7, 11) is 0. The van der Waals surface area contributed by atoms with Gasteiger partial charge in [0.25, 0.3) is 5.91 Å². The number of benzene rings is 3. The maximum Gasteiger partial charge on any atom is 0.251 e. The maximum atomic E-state index is 13.6. The minimum atomic E-state index is -2.95. The van der Waals surface area contributed by atoms with Crippen LogP contribution in [0.1, 0.15) is 55.5 Å². The Morgan fingerprint density at radius 1 is 0.900 bits per heavy atom. The molecule has 1 aliphatic heterocycles. The summed E-state index contributed by atoms with van der Waals surface area (Å²) in [5.74, 6) is -0.555. The van der Waals surface area contributed by atoms with Crippen LogP contribution in [-0.4, -0.2) is 43.4 Å². The number of amides is 2. The molecule has 0 aromatic heterocycles. The predicted molar refractivity (Wildman–Crippen MR) is 166 cm³/mol. The number of rotatable bonds is 11. The number of carbonyl (C=O) groups is 2. The van der Waals surface area contributed by atoms with Gasteiger partial charge in [0, 0.05) is 30.2 Å². The molecule has 1 atom stereocenters. The number of aryl methyl sites for hydroxylation is 1. The van der Waals surface area contributed by atoms with Crippen molar-refractivity contribution in [2.24, 2.45) is 5.73 Å². The first-order valence-electron chi connectivity index (χ1n) is 14.0. The maximum absolute atomic E-state index is 13.6. The fourth-order valence-corrected chi connectivity index (χ4v) is 9.91. The second kappa shape index (κ2) is 15.2. The standard InChI is InChI=1S/C30H35N2O4PS.C2H6/c1-37(35,30(29(31)34)18-21-36-22-19-30)38-27-16-10-23(11-17-27)7-5-6-20-32-28(33)26-14-12-25(13-15-26)24-8-3-2-4-9-24;1-2/h2-4,8-17H,5-7,18-22H2,1H3,(H2,31,34)(H,32,33);1-2H3. The Hall–Kier alpha value is -2.86. The van der Waals surface area contributed by atoms with Gasteiger partial charge in [0.1, 0.15) is 5.16 Å². The fourth-order valence-electron chi connectivity index (χ4n) is 4.77. The van der Waals surface area contributed by atoms with E-state index in [0.717, 1.165) is 35.3 Å². The Bertz CT molecular complexity index is 1270. The van der Waals surface area contributed by atoms with Crippen molar-refractivity contribution in [3.63, 3.8) is 0 Å². The van der Waals surface area contributed by atoms with Gasteiger partial charge in [0.05, 0.1) is 0 Å². The van der Waals surface area contributed by atoms with Gasteiger partial charge in [0.2, 0.25) is 5.91 Å². The van der Waals surface area contributed by atoms with Crippen molar-refractivity contribution in [2.45, 2.75) is 56.0 Å². The van der Waals surface area contributed by atoms with Gasteiger partial charge < -0.3 is 20.4 Å². The largest absolute Gasteiger partial charge is 0.381 e. The van der Waals surface area contributed by atoms with Gasteiger partial charge in [-0.15, -0.1) is 0 Å². The first kappa shape index (κ1) is 31.7. The molecule has 2 amide bonds. The third-order valence-electron chi connectivity index (χ3n) is 7.19. The molecule has 6 nitrogen and oxygen atoms in total. The molecule has 4 rings (SSSR count). The van der Waals surface area contributed by atoms with Gasteiger partial charge in [0.15, 0.2) is 6.34 Å². The van der Waals surface area contributed by atoms with Crippen molar-refractivity contribution in [2.75, 3.05) is 26.4 Å². The summed E-state index contributed by atoms with van der Waals surface area (Å²) in [6.07, 6.45) is 0.547. The molecular formula is C32H41N2O4PS. The highest BCUT2D eigenvalue weighted by Crippen LogP contribution is 2.70. The Balaban J connectivity index is 0.00000216. The first-order valence-corrected chi connectivity index (χ1v) is 17.6. The van der Waals surface area contributed by atoms with E-state index >= 15 is 0 Å². The molecule has 1 aliphatic rings. The van der Waals surface area contributed by atoms with Crippen LogP contribution in [0.25, 0.3) is 11.1 Å². The van der Waals surface area contributed by atoms with Gasteiger partial charge in [-0.25, -0.2) is 0 Å².